The highest BCUT2D eigenvalue weighted by atomic mass is 16.6. The lowest BCUT2D eigenvalue weighted by Gasteiger charge is -2.43. The third-order valence-corrected chi connectivity index (χ3v) is 3.10. The van der Waals surface area contributed by atoms with Crippen LogP contribution >= 0.6 is 0 Å². The molecule has 1 saturated heterocycles. The van der Waals surface area contributed by atoms with Crippen molar-refractivity contribution in [3.63, 3.8) is 0 Å². The van der Waals surface area contributed by atoms with Crippen LogP contribution in [0.4, 0.5) is 4.79 Å². The zero-order chi connectivity index (χ0) is 14.8. The van der Waals surface area contributed by atoms with E-state index in [1.807, 2.05) is 39.5 Å². The second-order valence-electron chi connectivity index (χ2n) is 6.14. The van der Waals surface area contributed by atoms with Gasteiger partial charge in [0, 0.05) is 25.2 Å². The highest BCUT2D eigenvalue weighted by Gasteiger charge is 2.33. The summed E-state index contributed by atoms with van der Waals surface area (Å²) in [6.45, 7) is 10.4. The van der Waals surface area contributed by atoms with Gasteiger partial charge < -0.3 is 14.7 Å². The van der Waals surface area contributed by atoms with E-state index < -0.39 is 11.7 Å². The van der Waals surface area contributed by atoms with Gasteiger partial charge in [0.1, 0.15) is 5.60 Å². The molecule has 0 bridgehead atoms. The highest BCUT2D eigenvalue weighted by Crippen LogP contribution is 2.16. The SMILES string of the molecule is C[C@@H]1CN(C(=O)O)C[C@H](C)N1CC(=O)OC(C)(C)C. The smallest absolute Gasteiger partial charge is 0.407 e. The van der Waals surface area contributed by atoms with Crippen molar-refractivity contribution < 1.29 is 19.4 Å². The Balaban J connectivity index is 2.60. The molecule has 110 valence electrons. The van der Waals surface area contributed by atoms with Gasteiger partial charge in [0.2, 0.25) is 0 Å². The Morgan fingerprint density at radius 3 is 2.05 bits per heavy atom. The average molecular weight is 272 g/mol. The van der Waals surface area contributed by atoms with E-state index in [1.165, 1.54) is 4.90 Å². The number of piperazine rings is 1. The molecule has 1 fully saturated rings. The first-order chi connectivity index (χ1) is 8.60. The van der Waals surface area contributed by atoms with Gasteiger partial charge in [-0.3, -0.25) is 9.69 Å². The normalized spacial score (nSPS) is 25.2. The van der Waals surface area contributed by atoms with E-state index in [0.717, 1.165) is 0 Å². The van der Waals surface area contributed by atoms with E-state index in [0.29, 0.717) is 13.1 Å². The number of amides is 1. The Hall–Kier alpha value is -1.30. The first-order valence-corrected chi connectivity index (χ1v) is 6.55. The summed E-state index contributed by atoms with van der Waals surface area (Å²) in [5, 5.41) is 9.01. The molecular weight excluding hydrogens is 248 g/mol. The molecule has 0 aromatic rings. The first-order valence-electron chi connectivity index (χ1n) is 6.55. The second-order valence-corrected chi connectivity index (χ2v) is 6.14. The minimum atomic E-state index is -0.907. The van der Waals surface area contributed by atoms with Gasteiger partial charge in [0.25, 0.3) is 0 Å². The first kappa shape index (κ1) is 15.8. The summed E-state index contributed by atoms with van der Waals surface area (Å²) in [6.07, 6.45) is -0.907. The number of carbonyl (C=O) groups is 2. The summed E-state index contributed by atoms with van der Waals surface area (Å²) >= 11 is 0. The Bertz CT molecular complexity index is 339. The minimum absolute atomic E-state index is 0.00682. The lowest BCUT2D eigenvalue weighted by Crippen LogP contribution is -2.59. The van der Waals surface area contributed by atoms with Crippen molar-refractivity contribution in [2.75, 3.05) is 19.6 Å². The third-order valence-electron chi connectivity index (χ3n) is 3.10. The maximum absolute atomic E-state index is 11.8. The molecule has 0 aromatic heterocycles. The predicted molar refractivity (Wildman–Crippen MR) is 71.1 cm³/mol. The molecule has 1 N–H and O–H groups in total. The molecule has 1 heterocycles. The van der Waals surface area contributed by atoms with Gasteiger partial charge in [0.15, 0.2) is 0 Å². The fourth-order valence-electron chi connectivity index (χ4n) is 2.35. The molecule has 0 aromatic carbocycles. The molecule has 6 nitrogen and oxygen atoms in total. The van der Waals surface area contributed by atoms with Gasteiger partial charge in [-0.25, -0.2) is 4.79 Å². The van der Waals surface area contributed by atoms with E-state index in [2.05, 4.69) is 0 Å². The van der Waals surface area contributed by atoms with Crippen LogP contribution in [-0.2, 0) is 9.53 Å². The fraction of sp³-hybridized carbons (Fsp3) is 0.846. The van der Waals surface area contributed by atoms with Crippen molar-refractivity contribution in [1.29, 1.82) is 0 Å². The minimum Gasteiger partial charge on any atom is -0.465 e. The van der Waals surface area contributed by atoms with Crippen molar-refractivity contribution in [3.05, 3.63) is 0 Å². The van der Waals surface area contributed by atoms with Gasteiger partial charge in [-0.15, -0.1) is 0 Å². The van der Waals surface area contributed by atoms with E-state index in [-0.39, 0.29) is 24.6 Å². The fourth-order valence-corrected chi connectivity index (χ4v) is 2.35. The van der Waals surface area contributed by atoms with Gasteiger partial charge in [-0.1, -0.05) is 0 Å². The van der Waals surface area contributed by atoms with Crippen molar-refractivity contribution in [2.24, 2.45) is 0 Å². The van der Waals surface area contributed by atoms with E-state index in [4.69, 9.17) is 9.84 Å². The zero-order valence-electron chi connectivity index (χ0n) is 12.3. The van der Waals surface area contributed by atoms with Crippen LogP contribution in [0.3, 0.4) is 0 Å². The van der Waals surface area contributed by atoms with E-state index in [9.17, 15) is 9.59 Å². The molecule has 19 heavy (non-hydrogen) atoms. The Kier molecular flexibility index (Phi) is 4.79. The standard InChI is InChI=1S/C13H24N2O4/c1-9-6-14(12(17)18)7-10(2)15(9)8-11(16)19-13(3,4)5/h9-10H,6-8H2,1-5H3,(H,17,18)/t9-,10+. The largest absolute Gasteiger partial charge is 0.465 e. The van der Waals surface area contributed by atoms with Gasteiger partial charge in [-0.05, 0) is 34.6 Å². The maximum Gasteiger partial charge on any atom is 0.407 e. The molecule has 1 rings (SSSR count). The third kappa shape index (κ3) is 4.70. The number of hydrogen-bond donors (Lipinski definition) is 1. The molecule has 0 aliphatic carbocycles. The average Bonchev–Trinajstić information content (AvgIpc) is 2.20. The zero-order valence-corrected chi connectivity index (χ0v) is 12.3. The van der Waals surface area contributed by atoms with Gasteiger partial charge >= 0.3 is 12.1 Å². The van der Waals surface area contributed by atoms with Crippen LogP contribution in [0.25, 0.3) is 0 Å². The lowest BCUT2D eigenvalue weighted by molar-refractivity contribution is -0.158. The van der Waals surface area contributed by atoms with E-state index >= 15 is 0 Å². The number of nitrogens with zero attached hydrogens (tertiary/aromatic N) is 2. The maximum atomic E-state index is 11.8. The monoisotopic (exact) mass is 272 g/mol. The summed E-state index contributed by atoms with van der Waals surface area (Å²) in [5.41, 5.74) is -0.494. The molecule has 0 spiro atoms. The number of hydrogen-bond acceptors (Lipinski definition) is 4. The summed E-state index contributed by atoms with van der Waals surface area (Å²) in [5.74, 6) is -0.269. The van der Waals surface area contributed by atoms with Gasteiger partial charge in [-0.2, -0.15) is 0 Å². The molecular formula is C13H24N2O4. The van der Waals surface area contributed by atoms with Crippen LogP contribution < -0.4 is 0 Å². The number of ether oxygens (including phenoxy) is 1. The topological polar surface area (TPSA) is 70.1 Å². The van der Waals surface area contributed by atoms with Crippen molar-refractivity contribution >= 4 is 12.1 Å². The van der Waals surface area contributed by atoms with Crippen LogP contribution in [0, 0.1) is 0 Å². The van der Waals surface area contributed by atoms with Crippen LogP contribution in [0.5, 0.6) is 0 Å². The molecule has 0 saturated carbocycles. The molecule has 0 unspecified atom stereocenters. The van der Waals surface area contributed by atoms with Crippen molar-refractivity contribution in [3.8, 4) is 0 Å². The number of rotatable bonds is 2. The number of carbonyl (C=O) groups excluding carboxylic acids is 1. The van der Waals surface area contributed by atoms with Crippen LogP contribution in [0.2, 0.25) is 0 Å². The van der Waals surface area contributed by atoms with Crippen molar-refractivity contribution in [1.82, 2.24) is 9.80 Å². The molecule has 1 aliphatic heterocycles. The van der Waals surface area contributed by atoms with Crippen LogP contribution in [0.15, 0.2) is 0 Å². The second kappa shape index (κ2) is 5.77. The quantitative estimate of drug-likeness (QED) is 0.769. The molecule has 0 radical (unpaired) electrons. The summed E-state index contributed by atoms with van der Waals surface area (Å²) in [4.78, 5) is 26.2. The highest BCUT2D eigenvalue weighted by molar-refractivity contribution is 5.72. The molecule has 1 amide bonds. The molecule has 1 aliphatic rings. The van der Waals surface area contributed by atoms with Crippen LogP contribution in [-0.4, -0.2) is 64.3 Å². The lowest BCUT2D eigenvalue weighted by atomic mass is 10.1. The summed E-state index contributed by atoms with van der Waals surface area (Å²) in [7, 11) is 0. The van der Waals surface area contributed by atoms with E-state index in [1.54, 1.807) is 0 Å². The summed E-state index contributed by atoms with van der Waals surface area (Å²) < 4.78 is 5.30. The van der Waals surface area contributed by atoms with Gasteiger partial charge in [0.05, 0.1) is 6.54 Å². The molecule has 6 heteroatoms. The predicted octanol–water partition coefficient (Wildman–Crippen LogP) is 1.40. The Morgan fingerprint density at radius 1 is 1.21 bits per heavy atom. The Labute approximate surface area is 114 Å². The number of esters is 1. The van der Waals surface area contributed by atoms with Crippen LogP contribution in [0.1, 0.15) is 34.6 Å². The molecule has 2 atom stereocenters. The summed E-state index contributed by atoms with van der Waals surface area (Å²) in [6, 6.07) is 0.0136. The Morgan fingerprint density at radius 2 is 1.68 bits per heavy atom. The van der Waals surface area contributed by atoms with Crippen molar-refractivity contribution in [2.45, 2.75) is 52.3 Å². The number of carboxylic acid groups (broad SMARTS) is 1.